The van der Waals surface area contributed by atoms with Crippen LogP contribution in [0.25, 0.3) is 0 Å². The Balaban J connectivity index is 2.28. The summed E-state index contributed by atoms with van der Waals surface area (Å²) in [6.45, 7) is 1.79. The lowest BCUT2D eigenvalue weighted by Gasteiger charge is -2.21. The second kappa shape index (κ2) is 4.16. The van der Waals surface area contributed by atoms with Gasteiger partial charge < -0.3 is 16.2 Å². The summed E-state index contributed by atoms with van der Waals surface area (Å²) in [7, 11) is 0. The molecule has 1 aromatic heterocycles. The number of thiazole rings is 1. The summed E-state index contributed by atoms with van der Waals surface area (Å²) < 4.78 is 0. The van der Waals surface area contributed by atoms with Crippen LogP contribution in [-0.2, 0) is 0 Å². The number of nitrogens with two attached hydrogens (primary N) is 1. The van der Waals surface area contributed by atoms with Crippen LogP contribution in [0.15, 0.2) is 0 Å². The van der Waals surface area contributed by atoms with Gasteiger partial charge in [-0.25, -0.2) is 9.78 Å². The molecule has 0 bridgehead atoms. The quantitative estimate of drug-likeness (QED) is 0.698. The number of hydrogen-bond donors (Lipinski definition) is 3. The Morgan fingerprint density at radius 2 is 2.47 bits per heavy atom. The van der Waals surface area contributed by atoms with Gasteiger partial charge in [-0.15, -0.1) is 0 Å². The van der Waals surface area contributed by atoms with E-state index >= 15 is 0 Å². The standard InChI is InChI=1S/C9H13N3O2S/c10-9-12-6(7(15-9)8(13)14)5-2-1-3-11-4-5/h5,11H,1-4H2,(H2,10,12)(H,13,14). The minimum Gasteiger partial charge on any atom is -0.477 e. The molecule has 1 saturated heterocycles. The van der Waals surface area contributed by atoms with E-state index in [0.717, 1.165) is 37.3 Å². The van der Waals surface area contributed by atoms with Crippen molar-refractivity contribution in [1.82, 2.24) is 10.3 Å². The Hall–Kier alpha value is -1.14. The molecule has 82 valence electrons. The van der Waals surface area contributed by atoms with Crippen LogP contribution in [-0.4, -0.2) is 29.1 Å². The van der Waals surface area contributed by atoms with Gasteiger partial charge in [-0.1, -0.05) is 11.3 Å². The van der Waals surface area contributed by atoms with E-state index in [1.54, 1.807) is 0 Å². The Labute approximate surface area is 91.3 Å². The third kappa shape index (κ3) is 2.10. The number of anilines is 1. The first-order valence-electron chi connectivity index (χ1n) is 4.88. The van der Waals surface area contributed by atoms with Crippen molar-refractivity contribution in [3.05, 3.63) is 10.6 Å². The lowest BCUT2D eigenvalue weighted by Crippen LogP contribution is -2.29. The van der Waals surface area contributed by atoms with E-state index in [1.807, 2.05) is 0 Å². The molecule has 1 fully saturated rings. The van der Waals surface area contributed by atoms with Crippen LogP contribution >= 0.6 is 11.3 Å². The van der Waals surface area contributed by atoms with Crippen LogP contribution in [0.2, 0.25) is 0 Å². The predicted molar refractivity (Wildman–Crippen MR) is 58.3 cm³/mol. The highest BCUT2D eigenvalue weighted by atomic mass is 32.1. The summed E-state index contributed by atoms with van der Waals surface area (Å²) in [5.74, 6) is -0.733. The van der Waals surface area contributed by atoms with E-state index in [2.05, 4.69) is 10.3 Å². The number of hydrogen-bond acceptors (Lipinski definition) is 5. The largest absolute Gasteiger partial charge is 0.477 e. The number of aromatic carboxylic acids is 1. The van der Waals surface area contributed by atoms with Crippen molar-refractivity contribution < 1.29 is 9.90 Å². The topological polar surface area (TPSA) is 88.2 Å². The third-order valence-corrected chi connectivity index (χ3v) is 3.44. The van der Waals surface area contributed by atoms with Crippen LogP contribution in [0.4, 0.5) is 5.13 Å². The minimum absolute atomic E-state index is 0.193. The first-order chi connectivity index (χ1) is 7.18. The number of nitrogen functional groups attached to an aromatic ring is 1. The molecule has 0 aromatic carbocycles. The van der Waals surface area contributed by atoms with Gasteiger partial charge in [0.1, 0.15) is 4.88 Å². The molecular formula is C9H13N3O2S. The van der Waals surface area contributed by atoms with E-state index in [0.29, 0.717) is 15.7 Å². The van der Waals surface area contributed by atoms with E-state index < -0.39 is 5.97 Å². The van der Waals surface area contributed by atoms with E-state index in [1.165, 1.54) is 0 Å². The minimum atomic E-state index is -0.926. The molecule has 0 aliphatic carbocycles. The van der Waals surface area contributed by atoms with Gasteiger partial charge >= 0.3 is 5.97 Å². The summed E-state index contributed by atoms with van der Waals surface area (Å²) in [4.78, 5) is 15.4. The van der Waals surface area contributed by atoms with Gasteiger partial charge in [0.25, 0.3) is 0 Å². The van der Waals surface area contributed by atoms with Gasteiger partial charge in [0, 0.05) is 12.5 Å². The Bertz CT molecular complexity index is 371. The third-order valence-electron chi connectivity index (χ3n) is 2.55. The fraction of sp³-hybridized carbons (Fsp3) is 0.556. The SMILES string of the molecule is Nc1nc(C2CCCNC2)c(C(=O)O)s1. The number of aromatic nitrogens is 1. The summed E-state index contributed by atoms with van der Waals surface area (Å²) in [5.41, 5.74) is 6.20. The molecule has 15 heavy (non-hydrogen) atoms. The highest BCUT2D eigenvalue weighted by molar-refractivity contribution is 7.17. The maximum atomic E-state index is 11.0. The van der Waals surface area contributed by atoms with E-state index in [9.17, 15) is 4.79 Å². The number of carbonyl (C=O) groups is 1. The molecule has 0 spiro atoms. The molecule has 6 heteroatoms. The number of piperidine rings is 1. The van der Waals surface area contributed by atoms with Crippen molar-refractivity contribution in [3.8, 4) is 0 Å². The first kappa shape index (κ1) is 10.4. The van der Waals surface area contributed by atoms with Gasteiger partial charge in [0.05, 0.1) is 5.69 Å². The zero-order valence-corrected chi connectivity index (χ0v) is 9.01. The number of carboxylic acids is 1. The summed E-state index contributed by atoms with van der Waals surface area (Å²) in [6.07, 6.45) is 2.04. The molecule has 1 atom stereocenters. The van der Waals surface area contributed by atoms with Crippen LogP contribution in [0, 0.1) is 0 Å². The maximum absolute atomic E-state index is 11.0. The molecule has 1 aliphatic rings. The molecule has 5 nitrogen and oxygen atoms in total. The van der Waals surface area contributed by atoms with Crippen LogP contribution in [0.5, 0.6) is 0 Å². The van der Waals surface area contributed by atoms with Gasteiger partial charge in [0.2, 0.25) is 0 Å². The van der Waals surface area contributed by atoms with Crippen molar-refractivity contribution in [2.24, 2.45) is 0 Å². The average Bonchev–Trinajstić information content (AvgIpc) is 2.62. The predicted octanol–water partition coefficient (Wildman–Crippen LogP) is 0.891. The molecule has 2 rings (SSSR count). The fourth-order valence-electron chi connectivity index (χ4n) is 1.86. The number of carboxylic acid groups (broad SMARTS) is 1. The lowest BCUT2D eigenvalue weighted by molar-refractivity contribution is 0.0700. The fourth-order valence-corrected chi connectivity index (χ4v) is 2.62. The van der Waals surface area contributed by atoms with Crippen LogP contribution in [0.1, 0.15) is 34.1 Å². The van der Waals surface area contributed by atoms with E-state index in [4.69, 9.17) is 10.8 Å². The monoisotopic (exact) mass is 227 g/mol. The zero-order valence-electron chi connectivity index (χ0n) is 8.19. The van der Waals surface area contributed by atoms with Gasteiger partial charge in [-0.05, 0) is 19.4 Å². The van der Waals surface area contributed by atoms with Crippen molar-refractivity contribution in [1.29, 1.82) is 0 Å². The van der Waals surface area contributed by atoms with Gasteiger partial charge in [-0.3, -0.25) is 0 Å². The van der Waals surface area contributed by atoms with Crippen molar-refractivity contribution in [2.75, 3.05) is 18.8 Å². The highest BCUT2D eigenvalue weighted by Gasteiger charge is 2.25. The Morgan fingerprint density at radius 3 is 3.07 bits per heavy atom. The second-order valence-corrected chi connectivity index (χ2v) is 4.65. The summed E-state index contributed by atoms with van der Waals surface area (Å²) in [6, 6.07) is 0. The summed E-state index contributed by atoms with van der Waals surface area (Å²) >= 11 is 1.06. The first-order valence-corrected chi connectivity index (χ1v) is 5.70. The number of rotatable bonds is 2. The van der Waals surface area contributed by atoms with Gasteiger partial charge in [0.15, 0.2) is 5.13 Å². The van der Waals surface area contributed by atoms with Crippen LogP contribution < -0.4 is 11.1 Å². The van der Waals surface area contributed by atoms with Crippen molar-refractivity contribution in [2.45, 2.75) is 18.8 Å². The Morgan fingerprint density at radius 1 is 1.67 bits per heavy atom. The molecule has 1 unspecified atom stereocenters. The average molecular weight is 227 g/mol. The van der Waals surface area contributed by atoms with Crippen LogP contribution in [0.3, 0.4) is 0 Å². The molecule has 0 radical (unpaired) electrons. The molecule has 0 amide bonds. The van der Waals surface area contributed by atoms with Crippen molar-refractivity contribution >= 4 is 22.4 Å². The molecule has 0 saturated carbocycles. The highest BCUT2D eigenvalue weighted by Crippen LogP contribution is 2.30. The summed E-state index contributed by atoms with van der Waals surface area (Å²) in [5, 5.41) is 12.6. The maximum Gasteiger partial charge on any atom is 0.347 e. The number of nitrogens with one attached hydrogen (secondary N) is 1. The molecule has 1 aromatic rings. The molecule has 4 N–H and O–H groups in total. The second-order valence-electron chi connectivity index (χ2n) is 3.61. The van der Waals surface area contributed by atoms with Crippen molar-refractivity contribution in [3.63, 3.8) is 0 Å². The Kier molecular flexibility index (Phi) is 2.88. The smallest absolute Gasteiger partial charge is 0.347 e. The number of nitrogens with zero attached hydrogens (tertiary/aromatic N) is 1. The zero-order chi connectivity index (χ0) is 10.8. The van der Waals surface area contributed by atoms with E-state index in [-0.39, 0.29) is 5.92 Å². The molecule has 1 aliphatic heterocycles. The molecule has 2 heterocycles. The normalized spacial score (nSPS) is 21.5. The lowest BCUT2D eigenvalue weighted by atomic mass is 9.95. The molecular weight excluding hydrogens is 214 g/mol. The van der Waals surface area contributed by atoms with Gasteiger partial charge in [-0.2, -0.15) is 0 Å².